The van der Waals surface area contributed by atoms with Gasteiger partial charge in [-0.25, -0.2) is 0 Å². The monoisotopic (exact) mass is 195 g/mol. The zero-order valence-corrected chi connectivity index (χ0v) is 7.94. The Hall–Kier alpha value is 0.260. The van der Waals surface area contributed by atoms with E-state index in [4.69, 9.17) is 12.2 Å². The lowest BCUT2D eigenvalue weighted by Crippen LogP contribution is -2.17. The largest absolute Gasteiger partial charge is 0.347 e. The maximum atomic E-state index is 10.2. The first-order valence-corrected chi connectivity index (χ1v) is 4.12. The molecule has 0 radical (unpaired) electrons. The van der Waals surface area contributed by atoms with Crippen molar-refractivity contribution in [1.82, 2.24) is 5.32 Å². The van der Waals surface area contributed by atoms with Gasteiger partial charge in [0.1, 0.15) is 0 Å². The molecule has 0 aromatic rings. The molecule has 0 unspecified atom stereocenters. The summed E-state index contributed by atoms with van der Waals surface area (Å²) in [5.41, 5.74) is 0. The third-order valence-electron chi connectivity index (χ3n) is 0.844. The normalized spacial score (nSPS) is 9.00. The van der Waals surface area contributed by atoms with Crippen molar-refractivity contribution in [3.8, 4) is 0 Å². The van der Waals surface area contributed by atoms with Gasteiger partial charge in [-0.1, -0.05) is 24.8 Å². The molecule has 2 nitrogen and oxygen atoms in total. The molecule has 1 amide bonds. The highest BCUT2D eigenvalue weighted by Crippen LogP contribution is 1.95. The number of thiocarbonyl (C=S) groups is 1. The lowest BCUT2D eigenvalue weighted by Gasteiger charge is -1.98. The average molecular weight is 195 g/mol. The predicted octanol–water partition coefficient (Wildman–Crippen LogP) is 1.66. The van der Waals surface area contributed by atoms with Crippen LogP contribution >= 0.6 is 37.5 Å². The van der Waals surface area contributed by atoms with Crippen LogP contribution in [0.2, 0.25) is 0 Å². The van der Waals surface area contributed by atoms with Crippen molar-refractivity contribution in [2.75, 3.05) is 6.54 Å². The summed E-state index contributed by atoms with van der Waals surface area (Å²) in [4.78, 5) is 10.2. The number of hydrogen-bond acceptors (Lipinski definition) is 2. The van der Waals surface area contributed by atoms with Gasteiger partial charge in [0.15, 0.2) is 0 Å². The topological polar surface area (TPSA) is 29.1 Å². The van der Waals surface area contributed by atoms with E-state index in [0.717, 1.165) is 12.8 Å². The van der Waals surface area contributed by atoms with Gasteiger partial charge in [0, 0.05) is 10.7 Å². The number of hydrogen-bond donors (Lipinski definition) is 3. The quantitative estimate of drug-likeness (QED) is 0.362. The van der Waals surface area contributed by atoms with E-state index < -0.39 is 0 Å². The minimum Gasteiger partial charge on any atom is -0.347 e. The summed E-state index contributed by atoms with van der Waals surface area (Å²) < 4.78 is 0.674. The molecule has 0 aliphatic carbocycles. The molecule has 0 heterocycles. The van der Waals surface area contributed by atoms with Crippen molar-refractivity contribution in [1.29, 1.82) is 0 Å². The van der Waals surface area contributed by atoms with Gasteiger partial charge in [0.05, 0.1) is 0 Å². The summed E-state index contributed by atoms with van der Waals surface area (Å²) in [5.74, 6) is 0. The second kappa shape index (κ2) is 6.00. The van der Waals surface area contributed by atoms with Gasteiger partial charge in [-0.05, 0) is 12.8 Å². The summed E-state index contributed by atoms with van der Waals surface area (Å²) in [6.45, 7) is 0.614. The molecule has 0 aromatic carbocycles. The zero-order chi connectivity index (χ0) is 7.98. The Bertz CT molecular complexity index is 121. The fourth-order valence-corrected chi connectivity index (χ4v) is 0.849. The lowest BCUT2D eigenvalue weighted by molar-refractivity contribution is 0.261. The minimum absolute atomic E-state index is 0.301. The third kappa shape index (κ3) is 8.26. The van der Waals surface area contributed by atoms with Crippen molar-refractivity contribution >= 4 is 46.9 Å². The van der Waals surface area contributed by atoms with Gasteiger partial charge in [-0.2, -0.15) is 0 Å². The Morgan fingerprint density at radius 2 is 2.10 bits per heavy atom. The third-order valence-corrected chi connectivity index (χ3v) is 1.43. The van der Waals surface area contributed by atoms with Gasteiger partial charge in [0.2, 0.25) is 0 Å². The summed E-state index contributed by atoms with van der Waals surface area (Å²) in [7, 11) is 0. The molecule has 0 rings (SSSR count). The summed E-state index contributed by atoms with van der Waals surface area (Å²) in [6.07, 6.45) is 1.58. The van der Waals surface area contributed by atoms with Crippen LogP contribution in [0.5, 0.6) is 0 Å². The number of carbonyl (C=O) groups excluding carboxylic acids is 1. The first-order chi connectivity index (χ1) is 4.63. The SMILES string of the molecule is O=C(S)NCCCC(=S)S. The van der Waals surface area contributed by atoms with Crippen LogP contribution in [-0.4, -0.2) is 16.0 Å². The highest BCUT2D eigenvalue weighted by atomic mass is 32.1. The predicted molar refractivity (Wildman–Crippen MR) is 53.2 cm³/mol. The van der Waals surface area contributed by atoms with Crippen LogP contribution in [0.15, 0.2) is 0 Å². The number of rotatable bonds is 4. The van der Waals surface area contributed by atoms with E-state index in [1.54, 1.807) is 0 Å². The van der Waals surface area contributed by atoms with Gasteiger partial charge in [0.25, 0.3) is 5.24 Å². The number of nitrogens with one attached hydrogen (secondary N) is 1. The summed E-state index contributed by atoms with van der Waals surface area (Å²) in [5, 5.41) is 2.23. The molecule has 0 spiro atoms. The van der Waals surface area contributed by atoms with E-state index in [0.29, 0.717) is 10.7 Å². The molecule has 0 aliphatic rings. The fraction of sp³-hybridized carbons (Fsp3) is 0.600. The molecule has 0 fully saturated rings. The molecule has 0 atom stereocenters. The minimum atomic E-state index is -0.301. The van der Waals surface area contributed by atoms with Crippen molar-refractivity contribution < 1.29 is 4.79 Å². The van der Waals surface area contributed by atoms with Gasteiger partial charge in [-0.15, -0.1) is 12.6 Å². The fourth-order valence-electron chi connectivity index (χ4n) is 0.435. The highest BCUT2D eigenvalue weighted by Gasteiger charge is 1.92. The number of carbonyl (C=O) groups is 1. The van der Waals surface area contributed by atoms with Crippen LogP contribution in [0.4, 0.5) is 4.79 Å². The van der Waals surface area contributed by atoms with Gasteiger partial charge < -0.3 is 5.32 Å². The van der Waals surface area contributed by atoms with E-state index in [-0.39, 0.29) is 5.24 Å². The standard InChI is InChI=1S/C5H9NOS3/c7-5(10)6-3-1-2-4(8)9/h1-3H2,(H,8,9)(H2,6,7,10). The van der Waals surface area contributed by atoms with Crippen LogP contribution in [0, 0.1) is 0 Å². The van der Waals surface area contributed by atoms with Gasteiger partial charge in [-0.3, -0.25) is 4.79 Å². The molecule has 0 saturated heterocycles. The Morgan fingerprint density at radius 3 is 2.50 bits per heavy atom. The molecule has 0 aromatic heterocycles. The van der Waals surface area contributed by atoms with Gasteiger partial charge >= 0.3 is 0 Å². The lowest BCUT2D eigenvalue weighted by atomic mass is 10.3. The van der Waals surface area contributed by atoms with E-state index in [2.05, 4.69) is 30.6 Å². The molecule has 5 heteroatoms. The second-order valence-corrected chi connectivity index (χ2v) is 3.47. The Kier molecular flexibility index (Phi) is 6.16. The maximum Gasteiger partial charge on any atom is 0.275 e. The Balaban J connectivity index is 3.06. The van der Waals surface area contributed by atoms with E-state index >= 15 is 0 Å². The van der Waals surface area contributed by atoms with Crippen molar-refractivity contribution in [2.24, 2.45) is 0 Å². The van der Waals surface area contributed by atoms with E-state index in [1.165, 1.54) is 0 Å². The number of amides is 1. The van der Waals surface area contributed by atoms with Crippen LogP contribution < -0.4 is 5.32 Å². The van der Waals surface area contributed by atoms with Crippen LogP contribution in [0.1, 0.15) is 12.8 Å². The van der Waals surface area contributed by atoms with Crippen molar-refractivity contribution in [3.63, 3.8) is 0 Å². The molecule has 0 bridgehead atoms. The molecule has 1 N–H and O–H groups in total. The maximum absolute atomic E-state index is 10.2. The van der Waals surface area contributed by atoms with Crippen LogP contribution in [0.25, 0.3) is 0 Å². The molecule has 0 saturated carbocycles. The average Bonchev–Trinajstić information content (AvgIpc) is 1.79. The number of thiol groups is 2. The van der Waals surface area contributed by atoms with Crippen molar-refractivity contribution in [3.05, 3.63) is 0 Å². The molecule has 58 valence electrons. The summed E-state index contributed by atoms with van der Waals surface area (Å²) >= 11 is 12.2. The Morgan fingerprint density at radius 1 is 1.50 bits per heavy atom. The van der Waals surface area contributed by atoms with E-state index in [9.17, 15) is 4.79 Å². The zero-order valence-electron chi connectivity index (χ0n) is 5.33. The first kappa shape index (κ1) is 10.3. The van der Waals surface area contributed by atoms with E-state index in [1.807, 2.05) is 0 Å². The highest BCUT2D eigenvalue weighted by molar-refractivity contribution is 8.11. The van der Waals surface area contributed by atoms with Crippen molar-refractivity contribution in [2.45, 2.75) is 12.8 Å². The molecular weight excluding hydrogens is 186 g/mol. The van der Waals surface area contributed by atoms with Crippen LogP contribution in [-0.2, 0) is 0 Å². The van der Waals surface area contributed by atoms with Crippen LogP contribution in [0.3, 0.4) is 0 Å². The second-order valence-electron chi connectivity index (χ2n) is 1.73. The molecular formula is C5H9NOS3. The smallest absolute Gasteiger partial charge is 0.275 e. The Labute approximate surface area is 76.6 Å². The first-order valence-electron chi connectivity index (χ1n) is 2.81. The molecule has 10 heavy (non-hydrogen) atoms. The molecule has 0 aliphatic heterocycles. The summed E-state index contributed by atoms with van der Waals surface area (Å²) in [6, 6.07) is 0.